The molecule has 0 bridgehead atoms. The summed E-state index contributed by atoms with van der Waals surface area (Å²) in [6.07, 6.45) is 0.702. The van der Waals surface area contributed by atoms with Gasteiger partial charge >= 0.3 is 5.97 Å². The normalized spacial score (nSPS) is 10.7. The molecule has 4 heteroatoms. The van der Waals surface area contributed by atoms with Crippen LogP contribution < -0.4 is 4.74 Å². The number of benzene rings is 2. The minimum atomic E-state index is -0.773. The summed E-state index contributed by atoms with van der Waals surface area (Å²) in [4.78, 5) is 11.7. The van der Waals surface area contributed by atoms with Crippen LogP contribution in [0, 0.1) is 0 Å². The first-order valence-electron chi connectivity index (χ1n) is 7.12. The molecule has 3 nitrogen and oxygen atoms in total. The van der Waals surface area contributed by atoms with Crippen molar-refractivity contribution in [3.63, 3.8) is 0 Å². The summed E-state index contributed by atoms with van der Waals surface area (Å²) in [6, 6.07) is 18.1. The average Bonchev–Trinajstić information content (AvgIpc) is 2.95. The summed E-state index contributed by atoms with van der Waals surface area (Å²) in [5.74, 6) is 0.0293. The van der Waals surface area contributed by atoms with E-state index in [0.717, 1.165) is 11.3 Å². The van der Waals surface area contributed by atoms with Gasteiger partial charge in [0.05, 0.1) is 0 Å². The van der Waals surface area contributed by atoms with E-state index in [0.29, 0.717) is 13.0 Å². The van der Waals surface area contributed by atoms with Gasteiger partial charge in [0, 0.05) is 16.0 Å². The van der Waals surface area contributed by atoms with Crippen LogP contribution in [-0.4, -0.2) is 11.1 Å². The van der Waals surface area contributed by atoms with Crippen molar-refractivity contribution in [3.8, 4) is 5.75 Å². The molecular formula is C18H16O3S. The van der Waals surface area contributed by atoms with Crippen LogP contribution in [0.1, 0.15) is 16.9 Å². The van der Waals surface area contributed by atoms with Crippen LogP contribution in [0.4, 0.5) is 0 Å². The van der Waals surface area contributed by atoms with Crippen molar-refractivity contribution in [1.29, 1.82) is 0 Å². The monoisotopic (exact) mass is 312 g/mol. The van der Waals surface area contributed by atoms with Crippen LogP contribution in [0.25, 0.3) is 10.1 Å². The highest BCUT2D eigenvalue weighted by atomic mass is 32.1. The number of rotatable bonds is 6. The Labute approximate surface area is 132 Å². The molecular weight excluding hydrogens is 296 g/mol. The zero-order valence-electron chi connectivity index (χ0n) is 12.0. The standard InChI is InChI=1S/C18H16O3S/c19-18(20)10-7-13-5-8-15(9-6-13)21-12-16-11-14-3-1-2-4-17(14)22-16/h1-6,8-9,11H,7,10,12H2,(H,19,20). The first-order chi connectivity index (χ1) is 10.7. The maximum atomic E-state index is 10.5. The number of aliphatic carboxylic acids is 1. The Balaban J connectivity index is 1.60. The molecule has 0 unspecified atom stereocenters. The van der Waals surface area contributed by atoms with E-state index >= 15 is 0 Å². The van der Waals surface area contributed by atoms with E-state index in [1.165, 1.54) is 15.0 Å². The van der Waals surface area contributed by atoms with Crippen LogP contribution in [0.3, 0.4) is 0 Å². The molecule has 22 heavy (non-hydrogen) atoms. The van der Waals surface area contributed by atoms with Crippen molar-refractivity contribution < 1.29 is 14.6 Å². The molecule has 1 aromatic heterocycles. The molecule has 3 aromatic rings. The third-order valence-electron chi connectivity index (χ3n) is 3.41. The lowest BCUT2D eigenvalue weighted by molar-refractivity contribution is -0.136. The Morgan fingerprint density at radius 2 is 1.86 bits per heavy atom. The molecule has 2 aromatic carbocycles. The summed E-state index contributed by atoms with van der Waals surface area (Å²) in [6.45, 7) is 0.549. The van der Waals surface area contributed by atoms with Crippen LogP contribution in [0.5, 0.6) is 5.75 Å². The molecule has 0 radical (unpaired) electrons. The first-order valence-corrected chi connectivity index (χ1v) is 7.93. The average molecular weight is 312 g/mol. The van der Waals surface area contributed by atoms with Gasteiger partial charge in [-0.3, -0.25) is 4.79 Å². The molecule has 0 aliphatic heterocycles. The third kappa shape index (κ3) is 3.65. The van der Waals surface area contributed by atoms with Crippen molar-refractivity contribution in [1.82, 2.24) is 0 Å². The minimum Gasteiger partial charge on any atom is -0.488 e. The maximum absolute atomic E-state index is 10.5. The number of aryl methyl sites for hydroxylation is 1. The largest absolute Gasteiger partial charge is 0.488 e. The van der Waals surface area contributed by atoms with Crippen LogP contribution in [0.2, 0.25) is 0 Å². The molecule has 3 rings (SSSR count). The van der Waals surface area contributed by atoms with Gasteiger partial charge in [0.2, 0.25) is 0 Å². The van der Waals surface area contributed by atoms with E-state index in [1.54, 1.807) is 11.3 Å². The number of ether oxygens (including phenoxy) is 1. The Kier molecular flexibility index (Phi) is 4.39. The third-order valence-corrected chi connectivity index (χ3v) is 4.50. The lowest BCUT2D eigenvalue weighted by Crippen LogP contribution is -1.97. The van der Waals surface area contributed by atoms with Gasteiger partial charge in [-0.2, -0.15) is 0 Å². The Bertz CT molecular complexity index is 741. The molecule has 0 aliphatic rings. The highest BCUT2D eigenvalue weighted by molar-refractivity contribution is 7.19. The SMILES string of the molecule is O=C(O)CCc1ccc(OCc2cc3ccccc3s2)cc1. The number of carbonyl (C=O) groups is 1. The maximum Gasteiger partial charge on any atom is 0.303 e. The fraction of sp³-hybridized carbons (Fsp3) is 0.167. The Morgan fingerprint density at radius 1 is 1.09 bits per heavy atom. The van der Waals surface area contributed by atoms with Crippen molar-refractivity contribution in [3.05, 3.63) is 65.0 Å². The number of fused-ring (bicyclic) bond motifs is 1. The Hall–Kier alpha value is -2.33. The summed E-state index contributed by atoms with van der Waals surface area (Å²) in [5, 5.41) is 9.92. The predicted molar refractivity (Wildman–Crippen MR) is 88.6 cm³/mol. The minimum absolute atomic E-state index is 0.155. The lowest BCUT2D eigenvalue weighted by Gasteiger charge is -2.05. The summed E-state index contributed by atoms with van der Waals surface area (Å²) < 4.78 is 7.06. The molecule has 1 N–H and O–H groups in total. The molecule has 0 saturated heterocycles. The summed E-state index contributed by atoms with van der Waals surface area (Å²) in [7, 11) is 0. The molecule has 0 spiro atoms. The zero-order valence-corrected chi connectivity index (χ0v) is 12.8. The molecule has 1 heterocycles. The number of thiophene rings is 1. The van der Waals surface area contributed by atoms with E-state index in [1.807, 2.05) is 36.4 Å². The van der Waals surface area contributed by atoms with Crippen molar-refractivity contribution >= 4 is 27.4 Å². The van der Waals surface area contributed by atoms with Gasteiger partial charge in [0.25, 0.3) is 0 Å². The van der Waals surface area contributed by atoms with Gasteiger partial charge in [-0.15, -0.1) is 11.3 Å². The summed E-state index contributed by atoms with van der Waals surface area (Å²) in [5.41, 5.74) is 1.01. The summed E-state index contributed by atoms with van der Waals surface area (Å²) >= 11 is 1.74. The van der Waals surface area contributed by atoms with E-state index in [9.17, 15) is 4.79 Å². The molecule has 0 amide bonds. The number of carboxylic acids is 1. The second-order valence-corrected chi connectivity index (χ2v) is 6.25. The smallest absolute Gasteiger partial charge is 0.303 e. The fourth-order valence-corrected chi connectivity index (χ4v) is 3.24. The van der Waals surface area contributed by atoms with E-state index in [2.05, 4.69) is 18.2 Å². The number of hydrogen-bond donors (Lipinski definition) is 1. The predicted octanol–water partition coefficient (Wildman–Crippen LogP) is 4.50. The quantitative estimate of drug-likeness (QED) is 0.729. The van der Waals surface area contributed by atoms with Gasteiger partial charge in [0.1, 0.15) is 12.4 Å². The van der Waals surface area contributed by atoms with Crippen LogP contribution >= 0.6 is 11.3 Å². The van der Waals surface area contributed by atoms with Gasteiger partial charge in [-0.25, -0.2) is 0 Å². The van der Waals surface area contributed by atoms with E-state index < -0.39 is 5.97 Å². The lowest BCUT2D eigenvalue weighted by atomic mass is 10.1. The van der Waals surface area contributed by atoms with Crippen molar-refractivity contribution in [2.75, 3.05) is 0 Å². The fourth-order valence-electron chi connectivity index (χ4n) is 2.27. The number of carboxylic acid groups (broad SMARTS) is 1. The van der Waals surface area contributed by atoms with Crippen molar-refractivity contribution in [2.24, 2.45) is 0 Å². The van der Waals surface area contributed by atoms with Gasteiger partial charge in [0.15, 0.2) is 0 Å². The first kappa shape index (κ1) is 14.6. The van der Waals surface area contributed by atoms with Crippen LogP contribution in [0.15, 0.2) is 54.6 Å². The topological polar surface area (TPSA) is 46.5 Å². The van der Waals surface area contributed by atoms with Gasteiger partial charge in [-0.1, -0.05) is 30.3 Å². The highest BCUT2D eigenvalue weighted by Crippen LogP contribution is 2.26. The van der Waals surface area contributed by atoms with Crippen LogP contribution in [-0.2, 0) is 17.8 Å². The molecule has 0 fully saturated rings. The second-order valence-electron chi connectivity index (χ2n) is 5.08. The van der Waals surface area contributed by atoms with Gasteiger partial charge in [-0.05, 0) is 41.6 Å². The van der Waals surface area contributed by atoms with Crippen molar-refractivity contribution in [2.45, 2.75) is 19.4 Å². The molecule has 112 valence electrons. The highest BCUT2D eigenvalue weighted by Gasteiger charge is 2.03. The zero-order chi connectivity index (χ0) is 15.4. The second kappa shape index (κ2) is 6.62. The number of hydrogen-bond acceptors (Lipinski definition) is 3. The van der Waals surface area contributed by atoms with E-state index in [-0.39, 0.29) is 6.42 Å². The van der Waals surface area contributed by atoms with E-state index in [4.69, 9.17) is 9.84 Å². The molecule has 0 saturated carbocycles. The van der Waals surface area contributed by atoms with Gasteiger partial charge < -0.3 is 9.84 Å². The molecule has 0 atom stereocenters. The molecule has 0 aliphatic carbocycles. The Morgan fingerprint density at radius 3 is 2.59 bits per heavy atom.